The summed E-state index contributed by atoms with van der Waals surface area (Å²) in [7, 11) is 0. The summed E-state index contributed by atoms with van der Waals surface area (Å²) in [5.74, 6) is -0.258. The van der Waals surface area contributed by atoms with Crippen molar-refractivity contribution in [2.75, 3.05) is 5.73 Å². The van der Waals surface area contributed by atoms with Gasteiger partial charge < -0.3 is 14.9 Å². The molecule has 0 aliphatic carbocycles. The minimum absolute atomic E-state index is 0.0577. The minimum Gasteiger partial charge on any atom is -0.487 e. The molecule has 0 aliphatic heterocycles. The van der Waals surface area contributed by atoms with Crippen molar-refractivity contribution in [3.8, 4) is 5.75 Å². The van der Waals surface area contributed by atoms with Crippen molar-refractivity contribution < 1.29 is 22.3 Å². The SMILES string of the molecule is Nc1nc(COc2ccccc2C(F)(F)F)co1. The van der Waals surface area contributed by atoms with Gasteiger partial charge >= 0.3 is 6.18 Å². The molecule has 1 heterocycles. The number of oxazole rings is 1. The Labute approximate surface area is 100 Å². The third kappa shape index (κ3) is 2.73. The number of ether oxygens (including phenoxy) is 1. The Hall–Kier alpha value is -2.18. The Kier molecular flexibility index (Phi) is 3.14. The monoisotopic (exact) mass is 258 g/mol. The van der Waals surface area contributed by atoms with Gasteiger partial charge in [0.2, 0.25) is 0 Å². The first-order valence-electron chi connectivity index (χ1n) is 4.96. The summed E-state index contributed by atoms with van der Waals surface area (Å²) in [6.07, 6.45) is -3.23. The molecular formula is C11H9F3N2O2. The molecular weight excluding hydrogens is 249 g/mol. The Bertz CT molecular complexity index is 537. The quantitative estimate of drug-likeness (QED) is 0.919. The first kappa shape index (κ1) is 12.3. The lowest BCUT2D eigenvalue weighted by Crippen LogP contribution is -2.08. The van der Waals surface area contributed by atoms with E-state index < -0.39 is 11.7 Å². The van der Waals surface area contributed by atoms with E-state index in [2.05, 4.69) is 4.98 Å². The van der Waals surface area contributed by atoms with E-state index in [-0.39, 0.29) is 18.4 Å². The van der Waals surface area contributed by atoms with E-state index >= 15 is 0 Å². The van der Waals surface area contributed by atoms with E-state index in [1.54, 1.807) is 0 Å². The van der Waals surface area contributed by atoms with Crippen LogP contribution in [0.3, 0.4) is 0 Å². The first-order valence-corrected chi connectivity index (χ1v) is 4.96. The highest BCUT2D eigenvalue weighted by Crippen LogP contribution is 2.36. The van der Waals surface area contributed by atoms with Crippen molar-refractivity contribution in [2.45, 2.75) is 12.8 Å². The first-order chi connectivity index (χ1) is 8.47. The number of halogens is 3. The third-order valence-electron chi connectivity index (χ3n) is 2.14. The number of hydrogen-bond donors (Lipinski definition) is 1. The van der Waals surface area contributed by atoms with E-state index in [0.717, 1.165) is 6.07 Å². The van der Waals surface area contributed by atoms with Crippen molar-refractivity contribution >= 4 is 6.01 Å². The van der Waals surface area contributed by atoms with Crippen molar-refractivity contribution in [2.24, 2.45) is 0 Å². The van der Waals surface area contributed by atoms with Gasteiger partial charge in [-0.15, -0.1) is 0 Å². The summed E-state index contributed by atoms with van der Waals surface area (Å²) < 4.78 is 47.7. The van der Waals surface area contributed by atoms with Gasteiger partial charge in [0, 0.05) is 0 Å². The number of aromatic nitrogens is 1. The number of hydrogen-bond acceptors (Lipinski definition) is 4. The second-order valence-electron chi connectivity index (χ2n) is 3.46. The number of benzene rings is 1. The molecule has 0 aliphatic rings. The number of nitrogens with two attached hydrogens (primary N) is 1. The van der Waals surface area contributed by atoms with E-state index in [9.17, 15) is 13.2 Å². The van der Waals surface area contributed by atoms with Crippen molar-refractivity contribution in [1.29, 1.82) is 0 Å². The predicted octanol–water partition coefficient (Wildman–Crippen LogP) is 2.85. The molecule has 2 N–H and O–H groups in total. The number of anilines is 1. The van der Waals surface area contributed by atoms with Crippen LogP contribution in [0.25, 0.3) is 0 Å². The molecule has 0 amide bonds. The van der Waals surface area contributed by atoms with Crippen LogP contribution in [-0.2, 0) is 12.8 Å². The molecule has 96 valence electrons. The second-order valence-corrected chi connectivity index (χ2v) is 3.46. The summed E-state index contributed by atoms with van der Waals surface area (Å²) in [6, 6.07) is 4.89. The fourth-order valence-electron chi connectivity index (χ4n) is 1.37. The molecule has 7 heteroatoms. The van der Waals surface area contributed by atoms with Crippen LogP contribution >= 0.6 is 0 Å². The van der Waals surface area contributed by atoms with E-state index in [1.807, 2.05) is 0 Å². The highest BCUT2D eigenvalue weighted by Gasteiger charge is 2.34. The second kappa shape index (κ2) is 4.59. The summed E-state index contributed by atoms with van der Waals surface area (Å²) in [4.78, 5) is 3.72. The molecule has 0 radical (unpaired) electrons. The lowest BCUT2D eigenvalue weighted by Gasteiger charge is -2.12. The standard InChI is InChI=1S/C11H9F3N2O2/c12-11(13,14)8-3-1-2-4-9(8)17-5-7-6-18-10(15)16-7/h1-4,6H,5H2,(H2,15,16). The van der Waals surface area contributed by atoms with Gasteiger partial charge in [0.15, 0.2) is 0 Å². The van der Waals surface area contributed by atoms with Crippen LogP contribution in [0, 0.1) is 0 Å². The molecule has 4 nitrogen and oxygen atoms in total. The average molecular weight is 258 g/mol. The highest BCUT2D eigenvalue weighted by molar-refractivity contribution is 5.35. The zero-order chi connectivity index (χ0) is 13.2. The Morgan fingerprint density at radius 3 is 2.61 bits per heavy atom. The highest BCUT2D eigenvalue weighted by atomic mass is 19.4. The lowest BCUT2D eigenvalue weighted by atomic mass is 10.2. The fourth-order valence-corrected chi connectivity index (χ4v) is 1.37. The van der Waals surface area contributed by atoms with E-state index in [4.69, 9.17) is 14.9 Å². The molecule has 2 aromatic rings. The van der Waals surface area contributed by atoms with Crippen LogP contribution in [0.2, 0.25) is 0 Å². The number of rotatable bonds is 3. The molecule has 2 rings (SSSR count). The van der Waals surface area contributed by atoms with Crippen molar-refractivity contribution in [3.05, 3.63) is 41.8 Å². The molecule has 0 spiro atoms. The summed E-state index contributed by atoms with van der Waals surface area (Å²) in [6.45, 7) is -0.145. The van der Waals surface area contributed by atoms with Crippen molar-refractivity contribution in [3.63, 3.8) is 0 Å². The molecule has 0 fully saturated rings. The Balaban J connectivity index is 2.14. The predicted molar refractivity (Wildman–Crippen MR) is 56.7 cm³/mol. The Morgan fingerprint density at radius 2 is 2.00 bits per heavy atom. The fraction of sp³-hybridized carbons (Fsp3) is 0.182. The van der Waals surface area contributed by atoms with Crippen LogP contribution in [0.4, 0.5) is 19.2 Å². The summed E-state index contributed by atoms with van der Waals surface area (Å²) in [5, 5.41) is 0. The number of nitrogens with zero attached hydrogens (tertiary/aromatic N) is 1. The van der Waals surface area contributed by atoms with Gasteiger partial charge in [-0.3, -0.25) is 0 Å². The zero-order valence-electron chi connectivity index (χ0n) is 9.07. The van der Waals surface area contributed by atoms with Gasteiger partial charge in [0.1, 0.15) is 24.3 Å². The van der Waals surface area contributed by atoms with Gasteiger partial charge in [-0.2, -0.15) is 18.2 Å². The van der Waals surface area contributed by atoms with E-state index in [0.29, 0.717) is 5.69 Å². The maximum Gasteiger partial charge on any atom is 0.419 e. The lowest BCUT2D eigenvalue weighted by molar-refractivity contribution is -0.139. The van der Waals surface area contributed by atoms with Gasteiger partial charge in [-0.25, -0.2) is 0 Å². The van der Waals surface area contributed by atoms with Gasteiger partial charge in [-0.05, 0) is 12.1 Å². The normalized spacial score (nSPS) is 11.5. The van der Waals surface area contributed by atoms with Crippen LogP contribution in [0.15, 0.2) is 34.9 Å². The number of alkyl halides is 3. The van der Waals surface area contributed by atoms with Gasteiger partial charge in [0.05, 0.1) is 5.56 Å². The van der Waals surface area contributed by atoms with Gasteiger partial charge in [0.25, 0.3) is 6.01 Å². The largest absolute Gasteiger partial charge is 0.487 e. The average Bonchev–Trinajstić information content (AvgIpc) is 2.72. The topological polar surface area (TPSA) is 61.3 Å². The van der Waals surface area contributed by atoms with Crippen LogP contribution < -0.4 is 10.5 Å². The van der Waals surface area contributed by atoms with Crippen LogP contribution in [-0.4, -0.2) is 4.98 Å². The summed E-state index contributed by atoms with van der Waals surface area (Å²) in [5.41, 5.74) is 4.72. The maximum absolute atomic E-state index is 12.6. The molecule has 1 aromatic heterocycles. The molecule has 0 unspecified atom stereocenters. The minimum atomic E-state index is -4.46. The molecule has 0 atom stereocenters. The molecule has 18 heavy (non-hydrogen) atoms. The van der Waals surface area contributed by atoms with E-state index in [1.165, 1.54) is 24.5 Å². The summed E-state index contributed by atoms with van der Waals surface area (Å²) >= 11 is 0. The van der Waals surface area contributed by atoms with Crippen molar-refractivity contribution in [1.82, 2.24) is 4.98 Å². The maximum atomic E-state index is 12.6. The smallest absolute Gasteiger partial charge is 0.419 e. The molecule has 0 saturated heterocycles. The number of para-hydroxylation sites is 1. The molecule has 0 saturated carbocycles. The van der Waals surface area contributed by atoms with Crippen LogP contribution in [0.5, 0.6) is 5.75 Å². The molecule has 1 aromatic carbocycles. The third-order valence-corrected chi connectivity index (χ3v) is 2.14. The van der Waals surface area contributed by atoms with Gasteiger partial charge in [-0.1, -0.05) is 12.1 Å². The number of nitrogen functional groups attached to an aromatic ring is 1. The van der Waals surface area contributed by atoms with Crippen LogP contribution in [0.1, 0.15) is 11.3 Å². The Morgan fingerprint density at radius 1 is 1.28 bits per heavy atom. The zero-order valence-corrected chi connectivity index (χ0v) is 9.07. The molecule has 0 bridgehead atoms.